The summed E-state index contributed by atoms with van der Waals surface area (Å²) in [5, 5.41) is 7.06. The summed E-state index contributed by atoms with van der Waals surface area (Å²) >= 11 is 0. The van der Waals surface area contributed by atoms with Crippen LogP contribution in [0, 0.1) is 0 Å². The van der Waals surface area contributed by atoms with Gasteiger partial charge in [-0.2, -0.15) is 5.10 Å². The second kappa shape index (κ2) is 5.77. The first-order chi connectivity index (χ1) is 9.83. The smallest absolute Gasteiger partial charge is 0.410 e. The Labute approximate surface area is 117 Å². The Bertz CT molecular complexity index is 574. The minimum atomic E-state index is -0.490. The van der Waals surface area contributed by atoms with Gasteiger partial charge in [0.2, 0.25) is 0 Å². The first kappa shape index (κ1) is 12.7. The van der Waals surface area contributed by atoms with E-state index in [9.17, 15) is 4.79 Å². The summed E-state index contributed by atoms with van der Waals surface area (Å²) < 4.78 is 7.10. The molecular formula is C15H17N3O2. The van der Waals surface area contributed by atoms with E-state index in [1.54, 1.807) is 24.4 Å². The van der Waals surface area contributed by atoms with Crippen molar-refractivity contribution in [1.82, 2.24) is 9.78 Å². The predicted molar refractivity (Wildman–Crippen MR) is 75.8 cm³/mol. The van der Waals surface area contributed by atoms with Crippen LogP contribution in [0.5, 0.6) is 5.75 Å². The van der Waals surface area contributed by atoms with Crippen LogP contribution in [0.4, 0.5) is 10.6 Å². The highest BCUT2D eigenvalue weighted by Gasteiger charge is 2.20. The number of amides is 1. The van der Waals surface area contributed by atoms with Gasteiger partial charge < -0.3 is 4.74 Å². The SMILES string of the molecule is O=C(Nc1ccnn1C1CCCC1)Oc1ccccc1. The van der Waals surface area contributed by atoms with Gasteiger partial charge in [0.15, 0.2) is 0 Å². The van der Waals surface area contributed by atoms with Crippen molar-refractivity contribution in [3.05, 3.63) is 42.6 Å². The van der Waals surface area contributed by atoms with Crippen LogP contribution in [0.2, 0.25) is 0 Å². The summed E-state index contributed by atoms with van der Waals surface area (Å²) in [7, 11) is 0. The van der Waals surface area contributed by atoms with Crippen LogP contribution in [-0.2, 0) is 0 Å². The number of para-hydroxylation sites is 1. The van der Waals surface area contributed by atoms with Crippen molar-refractivity contribution in [2.24, 2.45) is 0 Å². The first-order valence-corrected chi connectivity index (χ1v) is 6.90. The molecule has 0 bridgehead atoms. The Morgan fingerprint density at radius 1 is 1.20 bits per heavy atom. The molecular weight excluding hydrogens is 254 g/mol. The van der Waals surface area contributed by atoms with Gasteiger partial charge in [0.05, 0.1) is 12.2 Å². The fourth-order valence-electron chi connectivity index (χ4n) is 2.58. The minimum Gasteiger partial charge on any atom is -0.410 e. The van der Waals surface area contributed by atoms with Gasteiger partial charge in [0, 0.05) is 6.07 Å². The van der Waals surface area contributed by atoms with Crippen molar-refractivity contribution in [3.63, 3.8) is 0 Å². The number of nitrogens with one attached hydrogen (secondary N) is 1. The third kappa shape index (κ3) is 2.82. The van der Waals surface area contributed by atoms with Crippen LogP contribution in [-0.4, -0.2) is 15.9 Å². The maximum atomic E-state index is 11.9. The second-order valence-electron chi connectivity index (χ2n) is 4.93. The van der Waals surface area contributed by atoms with E-state index >= 15 is 0 Å². The molecule has 1 heterocycles. The van der Waals surface area contributed by atoms with E-state index in [0.29, 0.717) is 17.6 Å². The highest BCUT2D eigenvalue weighted by atomic mass is 16.6. The van der Waals surface area contributed by atoms with E-state index in [1.807, 2.05) is 22.9 Å². The summed E-state index contributed by atoms with van der Waals surface area (Å²) in [6.07, 6.45) is 5.89. The molecule has 5 nitrogen and oxygen atoms in total. The third-order valence-electron chi connectivity index (χ3n) is 3.52. The maximum absolute atomic E-state index is 11.9. The molecule has 1 amide bonds. The normalized spacial score (nSPS) is 15.2. The maximum Gasteiger partial charge on any atom is 0.418 e. The second-order valence-corrected chi connectivity index (χ2v) is 4.93. The van der Waals surface area contributed by atoms with Gasteiger partial charge in [0.25, 0.3) is 0 Å². The van der Waals surface area contributed by atoms with Crippen LogP contribution in [0.1, 0.15) is 31.7 Å². The number of hydrogen-bond acceptors (Lipinski definition) is 3. The predicted octanol–water partition coefficient (Wildman–Crippen LogP) is 3.61. The standard InChI is InChI=1S/C15H17N3O2/c19-15(20-13-8-2-1-3-9-13)17-14-10-11-16-18(14)12-6-4-5-7-12/h1-3,8-12H,4-7H2,(H,17,19). The molecule has 1 N–H and O–H groups in total. The van der Waals surface area contributed by atoms with Crippen LogP contribution in [0.15, 0.2) is 42.6 Å². The van der Waals surface area contributed by atoms with E-state index in [0.717, 1.165) is 12.8 Å². The molecule has 1 fully saturated rings. The molecule has 1 saturated carbocycles. The Balaban J connectivity index is 1.66. The summed E-state index contributed by atoms with van der Waals surface area (Å²) in [5.41, 5.74) is 0. The van der Waals surface area contributed by atoms with Gasteiger partial charge in [-0.05, 0) is 25.0 Å². The number of hydrogen-bond donors (Lipinski definition) is 1. The van der Waals surface area contributed by atoms with Crippen molar-refractivity contribution in [1.29, 1.82) is 0 Å². The summed E-state index contributed by atoms with van der Waals surface area (Å²) in [6.45, 7) is 0. The van der Waals surface area contributed by atoms with E-state index in [1.165, 1.54) is 12.8 Å². The number of benzene rings is 1. The monoisotopic (exact) mass is 271 g/mol. The molecule has 1 aliphatic rings. The Morgan fingerprint density at radius 2 is 1.95 bits per heavy atom. The number of carbonyl (C=O) groups excluding carboxylic acids is 1. The zero-order valence-electron chi connectivity index (χ0n) is 11.2. The molecule has 1 aromatic heterocycles. The Hall–Kier alpha value is -2.30. The van der Waals surface area contributed by atoms with E-state index < -0.39 is 6.09 Å². The van der Waals surface area contributed by atoms with Gasteiger partial charge in [0.1, 0.15) is 11.6 Å². The highest BCUT2D eigenvalue weighted by Crippen LogP contribution is 2.31. The molecule has 0 aliphatic heterocycles. The fraction of sp³-hybridized carbons (Fsp3) is 0.333. The zero-order valence-corrected chi connectivity index (χ0v) is 11.2. The van der Waals surface area contributed by atoms with E-state index in [2.05, 4.69) is 10.4 Å². The number of nitrogens with zero attached hydrogens (tertiary/aromatic N) is 2. The lowest BCUT2D eigenvalue weighted by Crippen LogP contribution is -2.20. The van der Waals surface area contributed by atoms with Crippen molar-refractivity contribution < 1.29 is 9.53 Å². The van der Waals surface area contributed by atoms with Crippen molar-refractivity contribution >= 4 is 11.9 Å². The van der Waals surface area contributed by atoms with Crippen molar-refractivity contribution in [2.45, 2.75) is 31.7 Å². The first-order valence-electron chi connectivity index (χ1n) is 6.90. The number of aromatic nitrogens is 2. The molecule has 0 unspecified atom stereocenters. The van der Waals surface area contributed by atoms with Crippen LogP contribution in [0.3, 0.4) is 0 Å². The molecule has 104 valence electrons. The van der Waals surface area contributed by atoms with Gasteiger partial charge >= 0.3 is 6.09 Å². The van der Waals surface area contributed by atoms with Gasteiger partial charge in [-0.25, -0.2) is 9.48 Å². The van der Waals surface area contributed by atoms with E-state index in [-0.39, 0.29) is 0 Å². The molecule has 0 saturated heterocycles. The zero-order chi connectivity index (χ0) is 13.8. The quantitative estimate of drug-likeness (QED) is 0.927. The van der Waals surface area contributed by atoms with Crippen molar-refractivity contribution in [3.8, 4) is 5.75 Å². The van der Waals surface area contributed by atoms with Crippen molar-refractivity contribution in [2.75, 3.05) is 5.32 Å². The van der Waals surface area contributed by atoms with Gasteiger partial charge in [-0.15, -0.1) is 0 Å². The van der Waals surface area contributed by atoms with Crippen LogP contribution < -0.4 is 10.1 Å². The molecule has 2 aromatic rings. The number of rotatable bonds is 3. The Morgan fingerprint density at radius 3 is 2.70 bits per heavy atom. The third-order valence-corrected chi connectivity index (χ3v) is 3.52. The Kier molecular flexibility index (Phi) is 3.67. The summed E-state index contributed by atoms with van der Waals surface area (Å²) in [5.74, 6) is 1.22. The van der Waals surface area contributed by atoms with E-state index in [4.69, 9.17) is 4.74 Å². The lowest BCUT2D eigenvalue weighted by Gasteiger charge is -2.14. The van der Waals surface area contributed by atoms with Crippen LogP contribution in [0.25, 0.3) is 0 Å². The molecule has 5 heteroatoms. The largest absolute Gasteiger partial charge is 0.418 e. The average molecular weight is 271 g/mol. The van der Waals surface area contributed by atoms with Gasteiger partial charge in [-0.3, -0.25) is 5.32 Å². The number of anilines is 1. The fourth-order valence-corrected chi connectivity index (χ4v) is 2.58. The molecule has 20 heavy (non-hydrogen) atoms. The molecule has 0 atom stereocenters. The summed E-state index contributed by atoms with van der Waals surface area (Å²) in [4.78, 5) is 11.9. The molecule has 1 aliphatic carbocycles. The summed E-state index contributed by atoms with van der Waals surface area (Å²) in [6, 6.07) is 11.2. The lowest BCUT2D eigenvalue weighted by atomic mass is 10.2. The molecule has 1 aromatic carbocycles. The minimum absolute atomic E-state index is 0.386. The van der Waals surface area contributed by atoms with Crippen LogP contribution >= 0.6 is 0 Å². The molecule has 0 radical (unpaired) electrons. The highest BCUT2D eigenvalue weighted by molar-refractivity contribution is 5.85. The average Bonchev–Trinajstić information content (AvgIpc) is 3.10. The lowest BCUT2D eigenvalue weighted by molar-refractivity contribution is 0.215. The molecule has 0 spiro atoms. The molecule has 3 rings (SSSR count). The van der Waals surface area contributed by atoms with Gasteiger partial charge in [-0.1, -0.05) is 31.0 Å². The topological polar surface area (TPSA) is 56.2 Å². The number of ether oxygens (including phenoxy) is 1. The number of carbonyl (C=O) groups is 1.